The van der Waals surface area contributed by atoms with Crippen molar-refractivity contribution in [3.8, 4) is 11.8 Å². The summed E-state index contributed by atoms with van der Waals surface area (Å²) in [5.41, 5.74) is 7.04. The van der Waals surface area contributed by atoms with Gasteiger partial charge in [-0.15, -0.1) is 0 Å². The van der Waals surface area contributed by atoms with Crippen molar-refractivity contribution in [1.82, 2.24) is 0 Å². The van der Waals surface area contributed by atoms with E-state index in [9.17, 15) is 0 Å². The average Bonchev–Trinajstić information content (AvgIpc) is 2.41. The van der Waals surface area contributed by atoms with Gasteiger partial charge < -0.3 is 10.5 Å². The Morgan fingerprint density at radius 2 is 1.89 bits per heavy atom. The summed E-state index contributed by atoms with van der Waals surface area (Å²) in [6.07, 6.45) is 0. The van der Waals surface area contributed by atoms with Crippen molar-refractivity contribution in [2.24, 2.45) is 0 Å². The summed E-state index contributed by atoms with van der Waals surface area (Å²) in [6, 6.07) is 15.1. The highest BCUT2D eigenvalue weighted by atomic mass is 32.2. The van der Waals surface area contributed by atoms with Crippen molar-refractivity contribution >= 4 is 17.4 Å². The predicted molar refractivity (Wildman–Crippen MR) is 72.7 cm³/mol. The van der Waals surface area contributed by atoms with Gasteiger partial charge in [0.1, 0.15) is 5.75 Å². The van der Waals surface area contributed by atoms with E-state index in [2.05, 4.69) is 6.07 Å². The van der Waals surface area contributed by atoms with Crippen LogP contribution in [0, 0.1) is 11.3 Å². The van der Waals surface area contributed by atoms with Crippen molar-refractivity contribution in [2.75, 3.05) is 12.8 Å². The molecule has 0 amide bonds. The Bertz CT molecular complexity index is 588. The topological polar surface area (TPSA) is 59.0 Å². The monoisotopic (exact) mass is 256 g/mol. The molecule has 18 heavy (non-hydrogen) atoms. The third-order valence-electron chi connectivity index (χ3n) is 2.40. The Morgan fingerprint density at radius 3 is 2.50 bits per heavy atom. The van der Waals surface area contributed by atoms with Gasteiger partial charge in [-0.3, -0.25) is 0 Å². The normalized spacial score (nSPS) is 9.78. The SMILES string of the molecule is COc1cc(N)ccc1Sc1ccc(C#N)cc1. The molecule has 4 heteroatoms. The van der Waals surface area contributed by atoms with E-state index in [-0.39, 0.29) is 0 Å². The third-order valence-corrected chi connectivity index (χ3v) is 3.46. The first-order valence-electron chi connectivity index (χ1n) is 5.34. The number of benzene rings is 2. The molecule has 0 radical (unpaired) electrons. The molecule has 2 aromatic carbocycles. The van der Waals surface area contributed by atoms with Crippen molar-refractivity contribution in [3.05, 3.63) is 48.0 Å². The molecule has 0 aliphatic rings. The van der Waals surface area contributed by atoms with Gasteiger partial charge >= 0.3 is 0 Å². The second-order valence-corrected chi connectivity index (χ2v) is 4.76. The van der Waals surface area contributed by atoms with E-state index < -0.39 is 0 Å². The standard InChI is InChI=1S/C14H12N2OS/c1-17-13-8-11(16)4-7-14(13)18-12-5-2-10(9-15)3-6-12/h2-8H,16H2,1H3. The van der Waals surface area contributed by atoms with Crippen LogP contribution in [-0.2, 0) is 0 Å². The quantitative estimate of drug-likeness (QED) is 0.856. The van der Waals surface area contributed by atoms with Crippen LogP contribution in [-0.4, -0.2) is 7.11 Å². The molecular weight excluding hydrogens is 244 g/mol. The van der Waals surface area contributed by atoms with Gasteiger partial charge in [-0.2, -0.15) is 5.26 Å². The molecule has 0 unspecified atom stereocenters. The fourth-order valence-electron chi connectivity index (χ4n) is 1.49. The molecule has 0 saturated heterocycles. The predicted octanol–water partition coefficient (Wildman–Crippen LogP) is 3.30. The smallest absolute Gasteiger partial charge is 0.134 e. The lowest BCUT2D eigenvalue weighted by molar-refractivity contribution is 0.405. The van der Waals surface area contributed by atoms with E-state index in [0.29, 0.717) is 11.3 Å². The van der Waals surface area contributed by atoms with E-state index >= 15 is 0 Å². The number of methoxy groups -OCH3 is 1. The molecule has 0 fully saturated rings. The second kappa shape index (κ2) is 5.48. The minimum atomic E-state index is 0.656. The molecule has 2 aromatic rings. The lowest BCUT2D eigenvalue weighted by Crippen LogP contribution is -1.90. The van der Waals surface area contributed by atoms with Gasteiger partial charge in [0.25, 0.3) is 0 Å². The molecule has 2 N–H and O–H groups in total. The molecule has 0 spiro atoms. The summed E-state index contributed by atoms with van der Waals surface area (Å²) in [5.74, 6) is 0.754. The van der Waals surface area contributed by atoms with Crippen LogP contribution in [0.25, 0.3) is 0 Å². The number of hydrogen-bond donors (Lipinski definition) is 1. The summed E-state index contributed by atoms with van der Waals surface area (Å²) >= 11 is 1.58. The van der Waals surface area contributed by atoms with Crippen molar-refractivity contribution < 1.29 is 4.74 Å². The third kappa shape index (κ3) is 2.76. The lowest BCUT2D eigenvalue weighted by Gasteiger charge is -2.08. The first kappa shape index (κ1) is 12.3. The second-order valence-electron chi connectivity index (χ2n) is 3.65. The zero-order chi connectivity index (χ0) is 13.0. The number of hydrogen-bond acceptors (Lipinski definition) is 4. The molecular formula is C14H12N2OS. The van der Waals surface area contributed by atoms with E-state index in [1.165, 1.54) is 0 Å². The molecule has 0 saturated carbocycles. The highest BCUT2D eigenvalue weighted by molar-refractivity contribution is 7.99. The largest absolute Gasteiger partial charge is 0.495 e. The number of ether oxygens (including phenoxy) is 1. The minimum absolute atomic E-state index is 0.656. The van der Waals surface area contributed by atoms with Crippen LogP contribution in [0.15, 0.2) is 52.3 Å². The van der Waals surface area contributed by atoms with Gasteiger partial charge in [-0.1, -0.05) is 11.8 Å². The Labute approximate surface area is 110 Å². The molecule has 0 aliphatic carbocycles. The van der Waals surface area contributed by atoms with E-state index in [0.717, 1.165) is 15.5 Å². The van der Waals surface area contributed by atoms with Crippen LogP contribution in [0.3, 0.4) is 0 Å². The van der Waals surface area contributed by atoms with Gasteiger partial charge in [-0.25, -0.2) is 0 Å². The van der Waals surface area contributed by atoms with E-state index in [4.69, 9.17) is 15.7 Å². The number of anilines is 1. The number of nitrogens with zero attached hydrogens (tertiary/aromatic N) is 1. The average molecular weight is 256 g/mol. The fourth-order valence-corrected chi connectivity index (χ4v) is 2.40. The molecule has 3 nitrogen and oxygen atoms in total. The lowest BCUT2D eigenvalue weighted by atomic mass is 10.2. The Kier molecular flexibility index (Phi) is 3.75. The summed E-state index contributed by atoms with van der Waals surface area (Å²) in [6.45, 7) is 0. The first-order valence-corrected chi connectivity index (χ1v) is 6.16. The molecule has 0 aliphatic heterocycles. The van der Waals surface area contributed by atoms with Crippen LogP contribution in [0.5, 0.6) is 5.75 Å². The van der Waals surface area contributed by atoms with Crippen LogP contribution >= 0.6 is 11.8 Å². The molecule has 0 atom stereocenters. The van der Waals surface area contributed by atoms with Crippen LogP contribution in [0.2, 0.25) is 0 Å². The molecule has 2 rings (SSSR count). The summed E-state index contributed by atoms with van der Waals surface area (Å²) in [5, 5.41) is 8.74. The number of rotatable bonds is 3. The molecule has 90 valence electrons. The number of nitriles is 1. The van der Waals surface area contributed by atoms with E-state index in [1.807, 2.05) is 24.3 Å². The summed E-state index contributed by atoms with van der Waals surface area (Å²) in [4.78, 5) is 2.05. The van der Waals surface area contributed by atoms with Crippen LogP contribution < -0.4 is 10.5 Å². The van der Waals surface area contributed by atoms with E-state index in [1.54, 1.807) is 37.1 Å². The maximum absolute atomic E-state index is 8.74. The van der Waals surface area contributed by atoms with Gasteiger partial charge in [0.2, 0.25) is 0 Å². The first-order chi connectivity index (χ1) is 8.72. The number of nitrogens with two attached hydrogens (primary N) is 1. The molecule has 0 aromatic heterocycles. The number of nitrogen functional groups attached to an aromatic ring is 1. The van der Waals surface area contributed by atoms with Gasteiger partial charge in [0.15, 0.2) is 0 Å². The van der Waals surface area contributed by atoms with Crippen molar-refractivity contribution in [1.29, 1.82) is 5.26 Å². The van der Waals surface area contributed by atoms with Crippen molar-refractivity contribution in [3.63, 3.8) is 0 Å². The molecule has 0 heterocycles. The maximum atomic E-state index is 8.74. The molecule has 0 bridgehead atoms. The van der Waals surface area contributed by atoms with Crippen LogP contribution in [0.1, 0.15) is 5.56 Å². The highest BCUT2D eigenvalue weighted by Crippen LogP contribution is 2.35. The highest BCUT2D eigenvalue weighted by Gasteiger charge is 2.05. The van der Waals surface area contributed by atoms with Gasteiger partial charge in [0, 0.05) is 16.6 Å². The van der Waals surface area contributed by atoms with Gasteiger partial charge in [0.05, 0.1) is 23.6 Å². The Hall–Kier alpha value is -2.12. The minimum Gasteiger partial charge on any atom is -0.495 e. The zero-order valence-corrected chi connectivity index (χ0v) is 10.7. The van der Waals surface area contributed by atoms with Gasteiger partial charge in [-0.05, 0) is 36.4 Å². The zero-order valence-electron chi connectivity index (χ0n) is 9.88. The van der Waals surface area contributed by atoms with Crippen LogP contribution in [0.4, 0.5) is 5.69 Å². The Balaban J connectivity index is 2.25. The van der Waals surface area contributed by atoms with Crippen molar-refractivity contribution in [2.45, 2.75) is 9.79 Å². The fraction of sp³-hybridized carbons (Fsp3) is 0.0714. The maximum Gasteiger partial charge on any atom is 0.134 e. The Morgan fingerprint density at radius 1 is 1.17 bits per heavy atom. The summed E-state index contributed by atoms with van der Waals surface area (Å²) < 4.78 is 5.29. The summed E-state index contributed by atoms with van der Waals surface area (Å²) in [7, 11) is 1.62.